The number of halogens is 1. The summed E-state index contributed by atoms with van der Waals surface area (Å²) in [6.07, 6.45) is 4.70. The maximum Gasteiger partial charge on any atom is 0.432 e. The first-order valence-corrected chi connectivity index (χ1v) is 46.6. The molecule has 0 heterocycles. The summed E-state index contributed by atoms with van der Waals surface area (Å²) in [6.45, 7) is 31.3. The lowest BCUT2D eigenvalue weighted by atomic mass is 10.1. The normalized spacial score (nSPS) is 11.3. The maximum atomic E-state index is 11.7. The first-order chi connectivity index (χ1) is 56.0. The van der Waals surface area contributed by atoms with Gasteiger partial charge in [-0.25, -0.2) is 52.6 Å². The van der Waals surface area contributed by atoms with E-state index in [1.165, 1.54) is 19.8 Å². The molecule has 0 aliphatic heterocycles. The molecule has 1 aliphatic rings. The molecule has 0 unspecified atom stereocenters. The van der Waals surface area contributed by atoms with Crippen molar-refractivity contribution in [1.82, 2.24) is 5.32 Å². The quantitative estimate of drug-likeness (QED) is 0.0105. The lowest BCUT2D eigenvalue weighted by molar-refractivity contribution is 0.162. The summed E-state index contributed by atoms with van der Waals surface area (Å²) in [4.78, 5) is 34.0. The highest BCUT2D eigenvalue weighted by Gasteiger charge is 2.36. The lowest BCUT2D eigenvalue weighted by Crippen LogP contribution is -2.28. The topological polar surface area (TPSA) is 359 Å². The van der Waals surface area contributed by atoms with Crippen LogP contribution in [0.15, 0.2) is 207 Å². The second-order valence-electron chi connectivity index (χ2n) is 27.5. The van der Waals surface area contributed by atoms with Gasteiger partial charge in [0.05, 0.1) is 59.5 Å². The molecular weight excluding hydrogens is 1640 g/mol. The fraction of sp³-hybridized carbons (Fsp3) is 0.322. The zero-order valence-corrected chi connectivity index (χ0v) is 76.0. The van der Waals surface area contributed by atoms with Gasteiger partial charge in [0.2, 0.25) is 40.1 Å². The zero-order valence-electron chi connectivity index (χ0n) is 71.1. The minimum absolute atomic E-state index is 0.0975. The monoisotopic (exact) mass is 1750 g/mol. The highest BCUT2D eigenvalue weighted by molar-refractivity contribution is 7.93. The Morgan fingerprint density at radius 2 is 0.815 bits per heavy atom. The summed E-state index contributed by atoms with van der Waals surface area (Å²) in [5.41, 5.74) is 18.5. The molecule has 0 saturated heterocycles. The molecule has 9 aromatic rings. The molecule has 4 amide bonds. The van der Waals surface area contributed by atoms with Crippen molar-refractivity contribution in [3.63, 3.8) is 0 Å². The molecule has 1 saturated carbocycles. The van der Waals surface area contributed by atoms with Gasteiger partial charge < -0.3 is 24.8 Å². The van der Waals surface area contributed by atoms with Crippen LogP contribution in [-0.4, -0.2) is 115 Å². The summed E-state index contributed by atoms with van der Waals surface area (Å²) in [5.74, 6) is 1.94. The Kier molecular flexibility index (Phi) is 44.7. The number of hydrogen-bond donors (Lipinski definition) is 9. The third-order valence-electron chi connectivity index (χ3n) is 16.3. The van der Waals surface area contributed by atoms with E-state index in [9.17, 15) is 52.6 Å². The number of methoxy groups -OCH3 is 1. The van der Waals surface area contributed by atoms with E-state index in [0.29, 0.717) is 77.5 Å². The summed E-state index contributed by atoms with van der Waals surface area (Å²) in [7, 11) is -11.5. The van der Waals surface area contributed by atoms with Crippen molar-refractivity contribution >= 4 is 123 Å². The van der Waals surface area contributed by atoms with Gasteiger partial charge in [0.25, 0.3) is 0 Å². The van der Waals surface area contributed by atoms with E-state index in [-0.39, 0.29) is 22.8 Å². The van der Waals surface area contributed by atoms with E-state index in [1.54, 1.807) is 62.6 Å². The molecule has 1 fully saturated rings. The number of alkyl halides is 1. The van der Waals surface area contributed by atoms with Gasteiger partial charge >= 0.3 is 26.0 Å². The molecule has 0 atom stereocenters. The number of ether oxygens (including phenoxy) is 3. The van der Waals surface area contributed by atoms with Gasteiger partial charge in [-0.2, -0.15) is 0 Å². The smallest absolute Gasteiger partial charge is 0.432 e. The van der Waals surface area contributed by atoms with E-state index in [2.05, 4.69) is 51.8 Å². The van der Waals surface area contributed by atoms with Crippen LogP contribution in [0.2, 0.25) is 0 Å². The van der Waals surface area contributed by atoms with E-state index >= 15 is 0 Å². The Labute approximate surface area is 710 Å². The molecule has 9 N–H and O–H groups in total. The molecule has 119 heavy (non-hydrogen) atoms. The lowest BCUT2D eigenvalue weighted by Gasteiger charge is -2.15. The zero-order chi connectivity index (χ0) is 89.1. The third-order valence-corrected chi connectivity index (χ3v) is 23.3. The molecule has 0 spiro atoms. The van der Waals surface area contributed by atoms with Crippen LogP contribution in [0.25, 0.3) is 0 Å². The number of aryl methyl sites for hydroxylation is 12. The molecule has 0 aromatic heterocycles. The van der Waals surface area contributed by atoms with Crippen LogP contribution in [-0.2, 0) is 58.4 Å². The molecular formula is C87H117ClN9O17PS4. The van der Waals surface area contributed by atoms with Gasteiger partial charge in [0, 0.05) is 49.4 Å². The van der Waals surface area contributed by atoms with Crippen LogP contribution in [0.3, 0.4) is 0 Å². The summed E-state index contributed by atoms with van der Waals surface area (Å²) < 4.78 is 137. The fourth-order valence-electron chi connectivity index (χ4n) is 9.72. The number of carbonyl (C=O) groups excluding carboxylic acids is 3. The average molecular weight is 1760 g/mol. The number of sulfonamides is 4. The fourth-order valence-corrected chi connectivity index (χ4v) is 14.6. The number of hydrogen-bond acceptors (Lipinski definition) is 17. The number of amides is 4. The number of urea groups is 1. The SMILES string of the molecule is C=CCNC(=O)Nc1ccc(C)cc1.CCCS(=O)(=O)Nc1ccc(C)cc1C.CCS(=O)(=O)Nc1ccc(C)cc1C.COP(=O)(Nc1ccc(C)cc1)OC.COc1ccc(OC(=O)Nc2ccc(C)cc2)cc1.Cc1ccc(NC(=O)OCCCCl)cc1.Cc1ccc(NS(=O)(=O)C2CC2)c(C)c1.Cc1ccc(NS(C)(=O)=O)c(C)c1. The van der Waals surface area contributed by atoms with Crippen molar-refractivity contribution in [3.8, 4) is 11.5 Å². The van der Waals surface area contributed by atoms with Gasteiger partial charge in [-0.1, -0.05) is 155 Å². The van der Waals surface area contributed by atoms with Crippen LogP contribution < -0.4 is 54.7 Å². The van der Waals surface area contributed by atoms with Crippen LogP contribution in [0.4, 0.5) is 59.9 Å². The molecule has 648 valence electrons. The molecule has 0 radical (unpaired) electrons. The summed E-state index contributed by atoms with van der Waals surface area (Å²) >= 11 is 5.45. The summed E-state index contributed by atoms with van der Waals surface area (Å²) in [6, 6.07) is 59.3. The van der Waals surface area contributed by atoms with Gasteiger partial charge in [-0.15, -0.1) is 18.2 Å². The minimum Gasteiger partial charge on any atom is -0.497 e. The molecule has 1 aliphatic carbocycles. The van der Waals surface area contributed by atoms with E-state index in [1.807, 2.05) is 242 Å². The Balaban J connectivity index is 0.000000352. The van der Waals surface area contributed by atoms with Crippen LogP contribution in [0.1, 0.15) is 106 Å². The first kappa shape index (κ1) is 103. The van der Waals surface area contributed by atoms with Crippen molar-refractivity contribution < 1.29 is 75.9 Å². The largest absolute Gasteiger partial charge is 0.497 e. The maximum absolute atomic E-state index is 11.7. The highest BCUT2D eigenvalue weighted by atomic mass is 35.5. The summed E-state index contributed by atoms with van der Waals surface area (Å²) in [5, 5.41) is 13.1. The number of nitrogens with one attached hydrogen (secondary N) is 9. The highest BCUT2D eigenvalue weighted by Crippen LogP contribution is 2.46. The average Bonchev–Trinajstić information content (AvgIpc) is 1.67. The Morgan fingerprint density at radius 3 is 1.16 bits per heavy atom. The second-order valence-corrected chi connectivity index (χ2v) is 37.4. The predicted molar refractivity (Wildman–Crippen MR) is 489 cm³/mol. The number of benzene rings is 9. The van der Waals surface area contributed by atoms with Gasteiger partial charge in [0.1, 0.15) is 11.5 Å². The molecule has 32 heteroatoms. The van der Waals surface area contributed by atoms with Gasteiger partial charge in [-0.05, 0) is 235 Å². The Morgan fingerprint density at radius 1 is 0.462 bits per heavy atom. The standard InChI is InChI=1S/C15H15NO3.C11H14ClNO2.C11H14N2O.C11H15NO2S.C11H17NO2S.C10H15NO2S.C9H14NO3P.C9H13NO2S/c1-11-3-5-12(6-4-11)16-15(17)19-14-9-7-13(18-2)8-10-14;1-9-3-5-10(6-4-9)13-11(14)15-8-2-7-12;1-3-8-12-11(14)13-10-6-4-9(2)5-7-10;1-8-3-6-11(9(2)7-8)12-15(13,14)10-4-5-10;1-4-7-15(13,14)12-11-6-5-9(2)8-10(11)3;1-4-14(12,13)11-10-6-5-8(2)7-9(10)3;1-8-4-6-9(7-5-8)10-14(11,12-2)13-3;1-7-4-5-9(8(2)6-7)10-13(3,11)12/h3-10H,1-2H3,(H,16,17);3-6H,2,7-8H2,1H3,(H,13,14);3-7H,1,8H2,2H3,(H2,12,13,14);3,6-7,10,12H,4-5H2,1-2H3;5-6,8,12H,4,7H2,1-3H3;5-7,11H,4H2,1-3H3;4-7H,1-3H3,(H,10,11);4-6,10H,1-3H3. The van der Waals surface area contributed by atoms with Gasteiger partial charge in [-0.3, -0.25) is 43.7 Å². The number of anilines is 8. The minimum atomic E-state index is -3.17. The van der Waals surface area contributed by atoms with Crippen molar-refractivity contribution in [2.75, 3.05) is 98.0 Å². The second kappa shape index (κ2) is 51.8. The van der Waals surface area contributed by atoms with Crippen LogP contribution in [0, 0.1) is 83.1 Å². The van der Waals surface area contributed by atoms with E-state index < -0.39 is 60.0 Å². The first-order valence-electron chi connectivity index (χ1n) is 37.8. The molecule has 0 bridgehead atoms. The van der Waals surface area contributed by atoms with Gasteiger partial charge in [0.15, 0.2) is 0 Å². The van der Waals surface area contributed by atoms with Crippen LogP contribution >= 0.6 is 19.3 Å². The van der Waals surface area contributed by atoms with Crippen molar-refractivity contribution in [3.05, 3.63) is 274 Å². The van der Waals surface area contributed by atoms with E-state index in [4.69, 9.17) is 34.9 Å². The van der Waals surface area contributed by atoms with Crippen molar-refractivity contribution in [2.45, 2.75) is 128 Å². The van der Waals surface area contributed by atoms with Crippen molar-refractivity contribution in [2.24, 2.45) is 0 Å². The molecule has 26 nitrogen and oxygen atoms in total. The Hall–Kier alpha value is -10.4. The third kappa shape index (κ3) is 43.7. The number of carbonyl (C=O) groups is 3. The predicted octanol–water partition coefficient (Wildman–Crippen LogP) is 20.3. The molecule has 10 rings (SSSR count). The number of rotatable bonds is 26. The van der Waals surface area contributed by atoms with E-state index in [0.717, 1.165) is 91.7 Å². The Bertz CT molecular complexity index is 5200. The molecule has 9 aromatic carbocycles. The van der Waals surface area contributed by atoms with Crippen molar-refractivity contribution in [1.29, 1.82) is 0 Å². The van der Waals surface area contributed by atoms with Crippen LogP contribution in [0.5, 0.6) is 11.5 Å².